The molecule has 4 bridgehead atoms. The maximum absolute atomic E-state index is 13.2. The van der Waals surface area contributed by atoms with E-state index in [9.17, 15) is 19.7 Å². The first-order chi connectivity index (χ1) is 12.9. The van der Waals surface area contributed by atoms with Crippen LogP contribution in [0.15, 0.2) is 24.3 Å². The number of carbonyl (C=O) groups excluding carboxylic acids is 2. The second kappa shape index (κ2) is 5.53. The highest BCUT2D eigenvalue weighted by atomic mass is 17.0. The molecule has 0 N–H and O–H groups in total. The van der Waals surface area contributed by atoms with Crippen LogP contribution >= 0.6 is 0 Å². The van der Waals surface area contributed by atoms with Crippen LogP contribution in [0.4, 0.5) is 0 Å². The fourth-order valence-electron chi connectivity index (χ4n) is 6.30. The third-order valence-corrected chi connectivity index (χ3v) is 6.92. The lowest BCUT2D eigenvalue weighted by molar-refractivity contribution is -0.771. The molecule has 5 aliphatic carbocycles. The van der Waals surface area contributed by atoms with Crippen LogP contribution < -0.4 is 0 Å². The third-order valence-electron chi connectivity index (χ3n) is 6.92. The quantitative estimate of drug-likeness (QED) is 0.349. The standard InChI is InChI=1S/C20H21NO6/c22-17-16-4-2-1-3-15(16)11-20(17,27-21(24)25)18(23)26-19-8-12-5-13(9-19)7-14(6-12)10-19/h1-4,12-14H,5-11H2/t12?,13?,14?,19?,20-/m1/s1. The zero-order valence-corrected chi connectivity index (χ0v) is 14.9. The highest BCUT2D eigenvalue weighted by molar-refractivity contribution is 6.19. The van der Waals surface area contributed by atoms with Crippen molar-refractivity contribution in [1.29, 1.82) is 0 Å². The summed E-state index contributed by atoms with van der Waals surface area (Å²) in [4.78, 5) is 42.1. The van der Waals surface area contributed by atoms with E-state index >= 15 is 0 Å². The molecule has 27 heavy (non-hydrogen) atoms. The van der Waals surface area contributed by atoms with Gasteiger partial charge in [-0.05, 0) is 61.8 Å². The zero-order chi connectivity index (χ0) is 18.8. The van der Waals surface area contributed by atoms with E-state index in [1.54, 1.807) is 24.3 Å². The Balaban J connectivity index is 1.46. The van der Waals surface area contributed by atoms with Crippen molar-refractivity contribution in [2.24, 2.45) is 17.8 Å². The van der Waals surface area contributed by atoms with Gasteiger partial charge in [-0.15, -0.1) is 10.1 Å². The number of rotatable bonds is 4. The van der Waals surface area contributed by atoms with Gasteiger partial charge in [0.05, 0.1) is 0 Å². The SMILES string of the molecule is O=C(OC12CC3CC(CC(C3)C1)C2)[C@@]1(O[N+](=O)[O-])Cc2ccccc2C1=O. The van der Waals surface area contributed by atoms with E-state index in [-0.39, 0.29) is 6.42 Å². The smallest absolute Gasteiger partial charge is 0.347 e. The van der Waals surface area contributed by atoms with Crippen molar-refractivity contribution < 1.29 is 24.3 Å². The Morgan fingerprint density at radius 1 is 1.07 bits per heavy atom. The molecule has 4 saturated carbocycles. The van der Waals surface area contributed by atoms with Gasteiger partial charge < -0.3 is 4.74 Å². The number of nitrogens with zero attached hydrogens (tertiary/aromatic N) is 1. The molecule has 1 atom stereocenters. The Bertz CT molecular complexity index is 813. The molecular weight excluding hydrogens is 350 g/mol. The van der Waals surface area contributed by atoms with Crippen LogP contribution in [-0.4, -0.2) is 28.0 Å². The largest absolute Gasteiger partial charge is 0.457 e. The first-order valence-electron chi connectivity index (χ1n) is 9.59. The van der Waals surface area contributed by atoms with Crippen LogP contribution in [-0.2, 0) is 20.8 Å². The van der Waals surface area contributed by atoms with Gasteiger partial charge in [0.1, 0.15) is 5.60 Å². The van der Waals surface area contributed by atoms with Gasteiger partial charge in [-0.1, -0.05) is 24.3 Å². The average Bonchev–Trinajstić information content (AvgIpc) is 2.86. The van der Waals surface area contributed by atoms with E-state index < -0.39 is 28.0 Å². The van der Waals surface area contributed by atoms with Crippen LogP contribution in [0, 0.1) is 27.9 Å². The predicted octanol–water partition coefficient (Wildman–Crippen LogP) is 2.88. The topological polar surface area (TPSA) is 95.7 Å². The minimum Gasteiger partial charge on any atom is -0.457 e. The molecule has 0 saturated heterocycles. The molecule has 0 radical (unpaired) electrons. The van der Waals surface area contributed by atoms with Crippen molar-refractivity contribution in [1.82, 2.24) is 0 Å². The summed E-state index contributed by atoms with van der Waals surface area (Å²) in [5.74, 6) is 0.0700. The number of fused-ring (bicyclic) bond motifs is 1. The summed E-state index contributed by atoms with van der Waals surface area (Å²) in [7, 11) is 0. The summed E-state index contributed by atoms with van der Waals surface area (Å²) in [5, 5.41) is 10.1. The summed E-state index contributed by atoms with van der Waals surface area (Å²) in [5.41, 5.74) is -1.93. The Kier molecular flexibility index (Phi) is 3.42. The predicted molar refractivity (Wildman–Crippen MR) is 92.3 cm³/mol. The fraction of sp³-hybridized carbons (Fsp3) is 0.600. The molecule has 1 aromatic rings. The monoisotopic (exact) mass is 371 g/mol. The first-order valence-corrected chi connectivity index (χ1v) is 9.59. The molecule has 142 valence electrons. The van der Waals surface area contributed by atoms with E-state index in [1.807, 2.05) is 0 Å². The molecule has 0 heterocycles. The molecule has 7 nitrogen and oxygen atoms in total. The van der Waals surface area contributed by atoms with E-state index in [2.05, 4.69) is 0 Å². The van der Waals surface area contributed by atoms with Gasteiger partial charge in [0.25, 0.3) is 10.7 Å². The maximum atomic E-state index is 13.2. The second-order valence-electron chi connectivity index (χ2n) is 8.80. The molecule has 0 amide bonds. The second-order valence-corrected chi connectivity index (χ2v) is 8.80. The van der Waals surface area contributed by atoms with Gasteiger partial charge in [0.2, 0.25) is 5.78 Å². The molecule has 6 rings (SSSR count). The van der Waals surface area contributed by atoms with Crippen molar-refractivity contribution in [3.8, 4) is 0 Å². The van der Waals surface area contributed by atoms with E-state index in [0.29, 0.717) is 28.9 Å². The zero-order valence-electron chi connectivity index (χ0n) is 14.9. The summed E-state index contributed by atoms with van der Waals surface area (Å²) < 4.78 is 5.95. The van der Waals surface area contributed by atoms with Crippen LogP contribution in [0.25, 0.3) is 0 Å². The van der Waals surface area contributed by atoms with Crippen LogP contribution in [0.2, 0.25) is 0 Å². The highest BCUT2D eigenvalue weighted by Gasteiger charge is 2.60. The number of hydrogen-bond acceptors (Lipinski definition) is 6. The summed E-state index contributed by atoms with van der Waals surface area (Å²) in [6, 6.07) is 6.67. The van der Waals surface area contributed by atoms with Crippen molar-refractivity contribution in [3.63, 3.8) is 0 Å². The molecule has 0 spiro atoms. The van der Waals surface area contributed by atoms with Crippen LogP contribution in [0.5, 0.6) is 0 Å². The minimum absolute atomic E-state index is 0.159. The lowest BCUT2D eigenvalue weighted by Crippen LogP contribution is -2.57. The van der Waals surface area contributed by atoms with Gasteiger partial charge in [-0.3, -0.25) is 9.63 Å². The van der Waals surface area contributed by atoms with Gasteiger partial charge in [-0.2, -0.15) is 0 Å². The maximum Gasteiger partial charge on any atom is 0.347 e. The lowest BCUT2D eigenvalue weighted by atomic mass is 9.54. The van der Waals surface area contributed by atoms with Crippen molar-refractivity contribution in [3.05, 3.63) is 45.5 Å². The van der Waals surface area contributed by atoms with E-state index in [1.165, 1.54) is 19.3 Å². The Morgan fingerprint density at radius 2 is 1.67 bits per heavy atom. The molecule has 0 unspecified atom stereocenters. The summed E-state index contributed by atoms with van der Waals surface area (Å²) in [6.07, 6.45) is 5.75. The van der Waals surface area contributed by atoms with Crippen LogP contribution in [0.3, 0.4) is 0 Å². The van der Waals surface area contributed by atoms with Crippen LogP contribution in [0.1, 0.15) is 54.4 Å². The number of benzene rings is 1. The molecule has 7 heteroatoms. The molecule has 0 aromatic heterocycles. The Morgan fingerprint density at radius 3 is 2.22 bits per heavy atom. The number of Topliss-reactive ketones (excluding diaryl/α,β-unsaturated/α-hetero) is 1. The molecule has 1 aromatic carbocycles. The highest BCUT2D eigenvalue weighted by Crippen LogP contribution is 2.57. The number of ketones is 1. The van der Waals surface area contributed by atoms with Gasteiger partial charge in [-0.25, -0.2) is 4.79 Å². The Labute approximate surface area is 156 Å². The van der Waals surface area contributed by atoms with Crippen molar-refractivity contribution in [2.45, 2.75) is 56.1 Å². The number of ether oxygens (including phenoxy) is 1. The number of carbonyl (C=O) groups is 2. The lowest BCUT2D eigenvalue weighted by Gasteiger charge is -2.56. The number of esters is 1. The number of hydrogen-bond donors (Lipinski definition) is 0. The normalized spacial score (nSPS) is 38.5. The van der Waals surface area contributed by atoms with Crippen molar-refractivity contribution in [2.75, 3.05) is 0 Å². The van der Waals surface area contributed by atoms with E-state index in [4.69, 9.17) is 9.57 Å². The minimum atomic E-state index is -2.21. The first kappa shape index (κ1) is 16.7. The third kappa shape index (κ3) is 2.47. The Hall–Kier alpha value is -2.44. The molecule has 0 aliphatic heterocycles. The van der Waals surface area contributed by atoms with Gasteiger partial charge >= 0.3 is 5.97 Å². The average molecular weight is 371 g/mol. The summed E-state index contributed by atoms with van der Waals surface area (Å²) in [6.45, 7) is 0. The molecule has 4 fully saturated rings. The van der Waals surface area contributed by atoms with Crippen molar-refractivity contribution >= 4 is 11.8 Å². The van der Waals surface area contributed by atoms with Gasteiger partial charge in [0, 0.05) is 12.0 Å². The fourth-order valence-corrected chi connectivity index (χ4v) is 6.30. The van der Waals surface area contributed by atoms with Gasteiger partial charge in [0.15, 0.2) is 0 Å². The molecule has 5 aliphatic rings. The molecular formula is C20H21NO6. The summed E-state index contributed by atoms with van der Waals surface area (Å²) >= 11 is 0. The van der Waals surface area contributed by atoms with E-state index in [0.717, 1.165) is 19.3 Å².